The molecule has 2 unspecified atom stereocenters. The van der Waals surface area contributed by atoms with Crippen molar-refractivity contribution in [3.63, 3.8) is 0 Å². The molecule has 0 bridgehead atoms. The van der Waals surface area contributed by atoms with Crippen LogP contribution < -0.4 is 0 Å². The molecule has 2 heteroatoms. The molecule has 0 N–H and O–H groups in total. The van der Waals surface area contributed by atoms with Crippen molar-refractivity contribution >= 4 is 10.9 Å². The van der Waals surface area contributed by atoms with E-state index in [1.807, 2.05) is 0 Å². The van der Waals surface area contributed by atoms with E-state index in [1.165, 1.54) is 22.9 Å². The van der Waals surface area contributed by atoms with Crippen molar-refractivity contribution in [2.45, 2.75) is 32.4 Å². The number of aromatic nitrogens is 1. The van der Waals surface area contributed by atoms with Gasteiger partial charge in [-0.15, -0.1) is 0 Å². The number of fused-ring (bicyclic) bond motifs is 1. The first-order valence-corrected chi connectivity index (χ1v) is 9.38. The molecule has 0 spiro atoms. The van der Waals surface area contributed by atoms with Crippen LogP contribution in [0.2, 0.25) is 0 Å². The van der Waals surface area contributed by atoms with E-state index in [0.29, 0.717) is 12.1 Å². The lowest BCUT2D eigenvalue weighted by molar-refractivity contribution is 0.183. The van der Waals surface area contributed by atoms with Gasteiger partial charge in [0.15, 0.2) is 0 Å². The van der Waals surface area contributed by atoms with Crippen LogP contribution in [0.5, 0.6) is 0 Å². The second-order valence-electron chi connectivity index (χ2n) is 6.99. The topological polar surface area (TPSA) is 8.17 Å². The quantitative estimate of drug-likeness (QED) is 0.589. The molecule has 2 aromatic carbocycles. The van der Waals surface area contributed by atoms with E-state index >= 15 is 0 Å². The summed E-state index contributed by atoms with van der Waals surface area (Å²) in [6.07, 6.45) is 10.9. The molecule has 1 aliphatic rings. The first-order valence-electron chi connectivity index (χ1n) is 9.38. The molecule has 0 fully saturated rings. The zero-order chi connectivity index (χ0) is 17.1. The fourth-order valence-electron chi connectivity index (χ4n) is 4.01. The Kier molecular flexibility index (Phi) is 4.60. The van der Waals surface area contributed by atoms with Crippen LogP contribution in [0.1, 0.15) is 31.5 Å². The maximum Gasteiger partial charge on any atom is 0.105 e. The van der Waals surface area contributed by atoms with Gasteiger partial charge in [0.2, 0.25) is 0 Å². The van der Waals surface area contributed by atoms with Crippen molar-refractivity contribution in [2.24, 2.45) is 5.92 Å². The minimum absolute atomic E-state index is 0.397. The predicted molar refractivity (Wildman–Crippen MR) is 105 cm³/mol. The summed E-state index contributed by atoms with van der Waals surface area (Å²) in [7, 11) is 0. The van der Waals surface area contributed by atoms with Crippen LogP contribution in [0.3, 0.4) is 0 Å². The lowest BCUT2D eigenvalue weighted by atomic mass is 9.94. The Morgan fingerprint density at radius 2 is 1.80 bits per heavy atom. The molecular formula is C23H26N2. The van der Waals surface area contributed by atoms with E-state index in [9.17, 15) is 0 Å². The number of hydrogen-bond donors (Lipinski definition) is 0. The van der Waals surface area contributed by atoms with Crippen LogP contribution in [0.25, 0.3) is 10.9 Å². The second-order valence-corrected chi connectivity index (χ2v) is 6.99. The van der Waals surface area contributed by atoms with Crippen molar-refractivity contribution in [3.8, 4) is 0 Å². The SMILES string of the molecule is CCC(N1C=CC(Cc2ccccc2)CC1)n1ccc2ccccc21. The molecule has 0 amide bonds. The van der Waals surface area contributed by atoms with E-state index in [0.717, 1.165) is 19.4 Å². The highest BCUT2D eigenvalue weighted by atomic mass is 15.3. The van der Waals surface area contributed by atoms with Gasteiger partial charge in [0.25, 0.3) is 0 Å². The molecule has 0 saturated heterocycles. The van der Waals surface area contributed by atoms with Gasteiger partial charge in [-0.25, -0.2) is 0 Å². The van der Waals surface area contributed by atoms with Crippen LogP contribution >= 0.6 is 0 Å². The molecular weight excluding hydrogens is 304 g/mol. The lowest BCUT2D eigenvalue weighted by Gasteiger charge is -2.35. The molecule has 1 aliphatic heterocycles. The van der Waals surface area contributed by atoms with Gasteiger partial charge >= 0.3 is 0 Å². The summed E-state index contributed by atoms with van der Waals surface area (Å²) in [5.41, 5.74) is 2.77. The number of rotatable bonds is 5. The van der Waals surface area contributed by atoms with Gasteiger partial charge in [-0.3, -0.25) is 0 Å². The largest absolute Gasteiger partial charge is 0.357 e. The molecule has 2 heterocycles. The first-order chi connectivity index (χ1) is 12.3. The summed E-state index contributed by atoms with van der Waals surface area (Å²) in [5.74, 6) is 0.651. The van der Waals surface area contributed by atoms with Crippen molar-refractivity contribution < 1.29 is 0 Å². The van der Waals surface area contributed by atoms with E-state index in [2.05, 4.69) is 95.5 Å². The van der Waals surface area contributed by atoms with E-state index in [1.54, 1.807) is 0 Å². The number of para-hydroxylation sites is 1. The molecule has 128 valence electrons. The third-order valence-electron chi connectivity index (χ3n) is 5.35. The summed E-state index contributed by atoms with van der Waals surface area (Å²) < 4.78 is 2.43. The van der Waals surface area contributed by atoms with Crippen molar-refractivity contribution in [1.82, 2.24) is 9.47 Å². The predicted octanol–water partition coefficient (Wildman–Crippen LogP) is 5.63. The van der Waals surface area contributed by atoms with Crippen LogP contribution in [0.4, 0.5) is 0 Å². The normalized spacial score (nSPS) is 18.6. The summed E-state index contributed by atoms with van der Waals surface area (Å²) in [6.45, 7) is 3.41. The highest BCUT2D eigenvalue weighted by Crippen LogP contribution is 2.29. The Labute approximate surface area is 150 Å². The molecule has 2 atom stereocenters. The smallest absolute Gasteiger partial charge is 0.105 e. The minimum atomic E-state index is 0.397. The highest BCUT2D eigenvalue weighted by molar-refractivity contribution is 5.80. The summed E-state index contributed by atoms with van der Waals surface area (Å²) >= 11 is 0. The summed E-state index contributed by atoms with van der Waals surface area (Å²) in [6, 6.07) is 21.7. The average molecular weight is 330 g/mol. The first kappa shape index (κ1) is 16.0. The van der Waals surface area contributed by atoms with Crippen molar-refractivity contribution in [2.75, 3.05) is 6.54 Å². The van der Waals surface area contributed by atoms with Gasteiger partial charge < -0.3 is 9.47 Å². The molecule has 0 aliphatic carbocycles. The average Bonchev–Trinajstić information content (AvgIpc) is 3.09. The summed E-state index contributed by atoms with van der Waals surface area (Å²) in [5, 5.41) is 1.32. The standard InChI is InChI=1S/C23H26N2/c1-2-23(25-17-14-21-10-6-7-11-22(21)25)24-15-12-20(13-16-24)18-19-8-4-3-5-9-19/h3-12,14-15,17,20,23H,2,13,16,18H2,1H3. The Morgan fingerprint density at radius 1 is 1.00 bits per heavy atom. The Balaban J connectivity index is 1.50. The van der Waals surface area contributed by atoms with Gasteiger partial charge in [0.1, 0.15) is 6.17 Å². The molecule has 2 nitrogen and oxygen atoms in total. The van der Waals surface area contributed by atoms with E-state index in [4.69, 9.17) is 0 Å². The second kappa shape index (κ2) is 7.18. The van der Waals surface area contributed by atoms with Gasteiger partial charge in [0.05, 0.1) is 0 Å². The maximum atomic E-state index is 2.51. The van der Waals surface area contributed by atoms with E-state index in [-0.39, 0.29) is 0 Å². The number of allylic oxidation sites excluding steroid dienone is 1. The van der Waals surface area contributed by atoms with Crippen LogP contribution in [-0.4, -0.2) is 16.0 Å². The van der Waals surface area contributed by atoms with Crippen molar-refractivity contribution in [1.29, 1.82) is 0 Å². The lowest BCUT2D eigenvalue weighted by Crippen LogP contribution is -2.32. The Bertz CT molecular complexity index is 847. The maximum absolute atomic E-state index is 2.51. The molecule has 1 aromatic heterocycles. The Hall–Kier alpha value is -2.48. The van der Waals surface area contributed by atoms with Crippen LogP contribution in [0.15, 0.2) is 79.1 Å². The molecule has 25 heavy (non-hydrogen) atoms. The molecule has 4 rings (SSSR count). The molecule has 0 saturated carbocycles. The Morgan fingerprint density at radius 3 is 2.56 bits per heavy atom. The van der Waals surface area contributed by atoms with Crippen LogP contribution in [0, 0.1) is 5.92 Å². The third kappa shape index (κ3) is 3.34. The van der Waals surface area contributed by atoms with Gasteiger partial charge in [-0.1, -0.05) is 61.5 Å². The molecule has 0 radical (unpaired) electrons. The van der Waals surface area contributed by atoms with Crippen molar-refractivity contribution in [3.05, 3.63) is 84.7 Å². The minimum Gasteiger partial charge on any atom is -0.357 e. The fourth-order valence-corrected chi connectivity index (χ4v) is 4.01. The zero-order valence-electron chi connectivity index (χ0n) is 14.9. The summed E-state index contributed by atoms with van der Waals surface area (Å²) in [4.78, 5) is 2.51. The molecule has 3 aromatic rings. The highest BCUT2D eigenvalue weighted by Gasteiger charge is 2.21. The van der Waals surface area contributed by atoms with Gasteiger partial charge in [-0.2, -0.15) is 0 Å². The van der Waals surface area contributed by atoms with Gasteiger partial charge in [0, 0.05) is 18.3 Å². The fraction of sp³-hybridized carbons (Fsp3) is 0.304. The number of hydrogen-bond acceptors (Lipinski definition) is 1. The number of nitrogens with zero attached hydrogens (tertiary/aromatic N) is 2. The monoisotopic (exact) mass is 330 g/mol. The zero-order valence-corrected chi connectivity index (χ0v) is 14.9. The van der Waals surface area contributed by atoms with E-state index < -0.39 is 0 Å². The third-order valence-corrected chi connectivity index (χ3v) is 5.35. The van der Waals surface area contributed by atoms with Crippen LogP contribution in [-0.2, 0) is 6.42 Å². The van der Waals surface area contributed by atoms with Gasteiger partial charge in [-0.05, 0) is 54.5 Å². The number of benzene rings is 2.